The van der Waals surface area contributed by atoms with E-state index in [4.69, 9.17) is 0 Å². The molecule has 0 amide bonds. The highest BCUT2D eigenvalue weighted by molar-refractivity contribution is 7.95. The first-order valence-electron chi connectivity index (χ1n) is 9.10. The fraction of sp³-hybridized carbons (Fsp3) is 0.0870. The van der Waals surface area contributed by atoms with Crippen molar-refractivity contribution in [3.8, 4) is 0 Å². The van der Waals surface area contributed by atoms with Crippen molar-refractivity contribution in [3.05, 3.63) is 107 Å². The fourth-order valence-electron chi connectivity index (χ4n) is 3.25. The molecule has 0 aromatic heterocycles. The monoisotopic (exact) mass is 388 g/mol. The van der Waals surface area contributed by atoms with Crippen LogP contribution in [0.5, 0.6) is 0 Å². The largest absolute Gasteiger partial charge is 0.284 e. The molecule has 0 radical (unpaired) electrons. The first-order valence-corrected chi connectivity index (χ1v) is 10.6. The number of fused-ring (bicyclic) bond motifs is 1. The van der Waals surface area contributed by atoms with Crippen LogP contribution in [-0.4, -0.2) is 20.7 Å². The zero-order valence-corrected chi connectivity index (χ0v) is 16.1. The molecule has 0 spiro atoms. The summed E-state index contributed by atoms with van der Waals surface area (Å²) in [4.78, 5) is 4.68. The molecule has 0 aliphatic carbocycles. The Morgan fingerprint density at radius 1 is 0.893 bits per heavy atom. The second kappa shape index (κ2) is 7.82. The minimum absolute atomic E-state index is 0.515. The Bertz CT molecular complexity index is 1150. The zero-order chi connectivity index (χ0) is 19.4. The molecule has 28 heavy (non-hydrogen) atoms. The molecule has 1 heterocycles. The van der Waals surface area contributed by atoms with Gasteiger partial charge in [-0.15, -0.1) is 0 Å². The predicted octanol–water partition coefficient (Wildman–Crippen LogP) is 4.49. The molecule has 4 rings (SSSR count). The number of benzene rings is 3. The highest BCUT2D eigenvalue weighted by Gasteiger charge is 2.16. The third kappa shape index (κ3) is 4.21. The number of hydrogen-bond acceptors (Lipinski definition) is 3. The predicted molar refractivity (Wildman–Crippen MR) is 115 cm³/mol. The van der Waals surface area contributed by atoms with Gasteiger partial charge in [0, 0.05) is 23.4 Å². The highest BCUT2D eigenvalue weighted by Crippen LogP contribution is 2.22. The smallest absolute Gasteiger partial charge is 0.255 e. The number of anilines is 1. The van der Waals surface area contributed by atoms with E-state index in [9.17, 15) is 8.42 Å². The van der Waals surface area contributed by atoms with Gasteiger partial charge in [-0.2, -0.15) is 0 Å². The van der Waals surface area contributed by atoms with E-state index in [1.54, 1.807) is 12.1 Å². The Morgan fingerprint density at radius 3 is 2.54 bits per heavy atom. The van der Waals surface area contributed by atoms with Crippen molar-refractivity contribution in [2.75, 3.05) is 11.3 Å². The first-order chi connectivity index (χ1) is 13.6. The van der Waals surface area contributed by atoms with Gasteiger partial charge in [0.2, 0.25) is 0 Å². The van der Waals surface area contributed by atoms with Crippen molar-refractivity contribution in [3.63, 3.8) is 0 Å². The summed E-state index contributed by atoms with van der Waals surface area (Å²) in [6.07, 6.45) is 2.50. The lowest BCUT2D eigenvalue weighted by Gasteiger charge is -2.17. The second-order valence-corrected chi connectivity index (χ2v) is 8.15. The quantitative estimate of drug-likeness (QED) is 0.700. The maximum atomic E-state index is 12.4. The van der Waals surface area contributed by atoms with Crippen molar-refractivity contribution in [1.82, 2.24) is 0 Å². The standard InChI is InChI=1S/C23H20N2O2S/c26-28(27,16-14-18-7-2-1-3-8-18)25-21-11-6-10-20(17-21)23-22-12-5-4-9-19(22)13-15-24-23/h1-12,14,16-17,25H,13,15H2. The Hall–Kier alpha value is -3.18. The summed E-state index contributed by atoms with van der Waals surface area (Å²) in [7, 11) is -3.61. The van der Waals surface area contributed by atoms with Gasteiger partial charge in [-0.25, -0.2) is 8.42 Å². The minimum Gasteiger partial charge on any atom is -0.284 e. The summed E-state index contributed by atoms with van der Waals surface area (Å²) in [6.45, 7) is 0.738. The Labute approximate surface area is 165 Å². The van der Waals surface area contributed by atoms with Crippen LogP contribution in [0.4, 0.5) is 5.69 Å². The third-order valence-electron chi connectivity index (χ3n) is 4.56. The Balaban J connectivity index is 1.58. The Morgan fingerprint density at radius 2 is 1.68 bits per heavy atom. The summed E-state index contributed by atoms with van der Waals surface area (Å²) in [5.41, 5.74) is 5.53. The maximum absolute atomic E-state index is 12.4. The molecule has 0 saturated carbocycles. The van der Waals surface area contributed by atoms with E-state index < -0.39 is 10.0 Å². The van der Waals surface area contributed by atoms with Crippen LogP contribution in [-0.2, 0) is 16.4 Å². The van der Waals surface area contributed by atoms with Crippen molar-refractivity contribution in [2.45, 2.75) is 6.42 Å². The molecule has 140 valence electrons. The van der Waals surface area contributed by atoms with Crippen LogP contribution < -0.4 is 4.72 Å². The number of sulfonamides is 1. The lowest BCUT2D eigenvalue weighted by atomic mass is 9.93. The summed E-state index contributed by atoms with van der Waals surface area (Å²) in [5.74, 6) is 0. The van der Waals surface area contributed by atoms with Gasteiger partial charge in [-0.1, -0.05) is 66.7 Å². The van der Waals surface area contributed by atoms with Crippen LogP contribution in [0.3, 0.4) is 0 Å². The molecule has 1 aliphatic rings. The molecule has 1 N–H and O–H groups in total. The van der Waals surface area contributed by atoms with Gasteiger partial charge in [0.25, 0.3) is 10.0 Å². The molecule has 0 bridgehead atoms. The molecular weight excluding hydrogens is 368 g/mol. The second-order valence-electron chi connectivity index (χ2n) is 6.58. The minimum atomic E-state index is -3.61. The van der Waals surface area contributed by atoms with Crippen molar-refractivity contribution in [1.29, 1.82) is 0 Å². The van der Waals surface area contributed by atoms with Crippen LogP contribution in [0.15, 0.2) is 89.3 Å². The van der Waals surface area contributed by atoms with Gasteiger partial charge in [0.1, 0.15) is 0 Å². The molecule has 4 nitrogen and oxygen atoms in total. The van der Waals surface area contributed by atoms with Gasteiger partial charge in [0.05, 0.1) is 11.1 Å². The van der Waals surface area contributed by atoms with Gasteiger partial charge in [-0.05, 0) is 35.8 Å². The average molecular weight is 388 g/mol. The van der Waals surface area contributed by atoms with Crippen LogP contribution in [0, 0.1) is 0 Å². The van der Waals surface area contributed by atoms with Gasteiger partial charge < -0.3 is 0 Å². The number of nitrogens with zero attached hydrogens (tertiary/aromatic N) is 1. The van der Waals surface area contributed by atoms with Crippen molar-refractivity contribution in [2.24, 2.45) is 4.99 Å². The topological polar surface area (TPSA) is 58.5 Å². The first kappa shape index (κ1) is 18.2. The van der Waals surface area contributed by atoms with Crippen molar-refractivity contribution < 1.29 is 8.42 Å². The number of hydrogen-bond donors (Lipinski definition) is 1. The van der Waals surface area contributed by atoms with E-state index in [0.717, 1.165) is 35.4 Å². The van der Waals surface area contributed by atoms with Crippen LogP contribution in [0.2, 0.25) is 0 Å². The van der Waals surface area contributed by atoms with Gasteiger partial charge in [0.15, 0.2) is 0 Å². The lowest BCUT2D eigenvalue weighted by Crippen LogP contribution is -2.15. The summed E-state index contributed by atoms with van der Waals surface area (Å²) >= 11 is 0. The molecule has 3 aromatic rings. The highest BCUT2D eigenvalue weighted by atomic mass is 32.2. The fourth-order valence-corrected chi connectivity index (χ4v) is 4.11. The van der Waals surface area contributed by atoms with E-state index in [1.165, 1.54) is 11.0 Å². The molecule has 0 atom stereocenters. The molecule has 0 saturated heterocycles. The van der Waals surface area contributed by atoms with E-state index in [2.05, 4.69) is 21.8 Å². The van der Waals surface area contributed by atoms with Gasteiger partial charge >= 0.3 is 0 Å². The van der Waals surface area contributed by atoms with Crippen LogP contribution >= 0.6 is 0 Å². The Kier molecular flexibility index (Phi) is 5.08. The van der Waals surface area contributed by atoms with E-state index in [0.29, 0.717) is 5.69 Å². The molecule has 1 aliphatic heterocycles. The zero-order valence-electron chi connectivity index (χ0n) is 15.2. The summed E-state index contributed by atoms with van der Waals surface area (Å²) in [6, 6.07) is 24.9. The van der Waals surface area contributed by atoms with E-state index in [1.807, 2.05) is 60.7 Å². The van der Waals surface area contributed by atoms with Crippen molar-refractivity contribution >= 4 is 27.5 Å². The number of rotatable bonds is 5. The van der Waals surface area contributed by atoms with E-state index in [-0.39, 0.29) is 0 Å². The van der Waals surface area contributed by atoms with Gasteiger partial charge in [-0.3, -0.25) is 9.71 Å². The normalized spacial score (nSPS) is 13.8. The third-order valence-corrected chi connectivity index (χ3v) is 5.57. The molecular formula is C23H20N2O2S. The average Bonchev–Trinajstić information content (AvgIpc) is 2.73. The van der Waals surface area contributed by atoms with E-state index >= 15 is 0 Å². The van der Waals surface area contributed by atoms with Crippen LogP contribution in [0.25, 0.3) is 6.08 Å². The summed E-state index contributed by atoms with van der Waals surface area (Å²) < 4.78 is 27.5. The molecule has 5 heteroatoms. The molecule has 0 fully saturated rings. The maximum Gasteiger partial charge on any atom is 0.255 e. The molecule has 3 aromatic carbocycles. The summed E-state index contributed by atoms with van der Waals surface area (Å²) in [5, 5.41) is 1.18. The number of nitrogens with one attached hydrogen (secondary N) is 1. The lowest BCUT2D eigenvalue weighted by molar-refractivity contribution is 0.609. The molecule has 0 unspecified atom stereocenters. The SMILES string of the molecule is O=S(=O)(C=Cc1ccccc1)Nc1cccc(C2=NCCc3ccccc32)c1. The van der Waals surface area contributed by atoms with Crippen LogP contribution in [0.1, 0.15) is 22.3 Å². The number of aliphatic imine (C=N–C) groups is 1.